The minimum atomic E-state index is 0.388. The summed E-state index contributed by atoms with van der Waals surface area (Å²) in [6.45, 7) is 1.60. The van der Waals surface area contributed by atoms with E-state index in [4.69, 9.17) is 10.5 Å². The summed E-state index contributed by atoms with van der Waals surface area (Å²) in [7, 11) is 1.60. The first kappa shape index (κ1) is 14.8. The van der Waals surface area contributed by atoms with Crippen LogP contribution in [0.15, 0.2) is 36.7 Å². The van der Waals surface area contributed by atoms with Crippen LogP contribution in [0, 0.1) is 5.41 Å². The zero-order valence-corrected chi connectivity index (χ0v) is 12.9. The molecule has 1 heterocycles. The van der Waals surface area contributed by atoms with Crippen LogP contribution in [0.25, 0.3) is 0 Å². The van der Waals surface area contributed by atoms with Gasteiger partial charge in [0, 0.05) is 13.1 Å². The van der Waals surface area contributed by atoms with Gasteiger partial charge in [0.05, 0.1) is 12.7 Å². The molecule has 0 radical (unpaired) electrons. The van der Waals surface area contributed by atoms with Crippen molar-refractivity contribution >= 4 is 5.82 Å². The number of aromatic nitrogens is 2. The van der Waals surface area contributed by atoms with Crippen LogP contribution >= 0.6 is 0 Å². The van der Waals surface area contributed by atoms with Crippen molar-refractivity contribution in [3.8, 4) is 5.88 Å². The van der Waals surface area contributed by atoms with E-state index >= 15 is 0 Å². The highest BCUT2D eigenvalue weighted by Gasteiger charge is 2.41. The molecule has 1 saturated carbocycles. The summed E-state index contributed by atoms with van der Waals surface area (Å²) in [5.74, 6) is 1.03. The third-order valence-corrected chi connectivity index (χ3v) is 4.31. The summed E-state index contributed by atoms with van der Waals surface area (Å²) in [4.78, 5) is 8.14. The summed E-state index contributed by atoms with van der Waals surface area (Å²) in [5, 5.41) is 3.50. The molecular weight excluding hydrogens is 276 g/mol. The fourth-order valence-corrected chi connectivity index (χ4v) is 2.83. The van der Waals surface area contributed by atoms with Crippen LogP contribution in [-0.2, 0) is 13.0 Å². The summed E-state index contributed by atoms with van der Waals surface area (Å²) in [6.07, 6.45) is 5.09. The Morgan fingerprint density at radius 3 is 2.68 bits per heavy atom. The van der Waals surface area contributed by atoms with Gasteiger partial charge in [0.15, 0.2) is 0 Å². The van der Waals surface area contributed by atoms with Crippen molar-refractivity contribution in [3.05, 3.63) is 47.8 Å². The number of rotatable bonds is 7. The maximum atomic E-state index is 5.91. The van der Waals surface area contributed by atoms with Crippen molar-refractivity contribution < 1.29 is 4.74 Å². The molecule has 5 heteroatoms. The molecule has 1 aromatic carbocycles. The Labute approximate surface area is 130 Å². The molecule has 1 fully saturated rings. The molecule has 116 valence electrons. The van der Waals surface area contributed by atoms with Crippen molar-refractivity contribution in [2.45, 2.75) is 25.8 Å². The first-order valence-corrected chi connectivity index (χ1v) is 7.60. The smallest absolute Gasteiger partial charge is 0.222 e. The summed E-state index contributed by atoms with van der Waals surface area (Å²) < 4.78 is 5.25. The molecule has 1 aromatic heterocycles. The first-order chi connectivity index (χ1) is 10.7. The molecule has 0 bridgehead atoms. The number of nitrogen functional groups attached to an aromatic ring is 1. The second-order valence-electron chi connectivity index (χ2n) is 6.01. The summed E-state index contributed by atoms with van der Waals surface area (Å²) in [5.41, 5.74) is 8.54. The number of ether oxygens (including phenoxy) is 1. The lowest BCUT2D eigenvalue weighted by Crippen LogP contribution is -2.26. The Bertz CT molecular complexity index is 626. The maximum Gasteiger partial charge on any atom is 0.222 e. The minimum Gasteiger partial charge on any atom is -0.481 e. The van der Waals surface area contributed by atoms with E-state index in [-0.39, 0.29) is 0 Å². The van der Waals surface area contributed by atoms with Gasteiger partial charge in [0.25, 0.3) is 0 Å². The second kappa shape index (κ2) is 6.32. The van der Waals surface area contributed by atoms with Gasteiger partial charge in [0.2, 0.25) is 5.88 Å². The fraction of sp³-hybridized carbons (Fsp3) is 0.412. The average molecular weight is 298 g/mol. The molecule has 2 aromatic rings. The van der Waals surface area contributed by atoms with Crippen LogP contribution in [-0.4, -0.2) is 23.6 Å². The molecule has 22 heavy (non-hydrogen) atoms. The van der Waals surface area contributed by atoms with E-state index < -0.39 is 0 Å². The first-order valence-electron chi connectivity index (χ1n) is 7.60. The number of methoxy groups -OCH3 is 1. The molecule has 0 unspecified atom stereocenters. The largest absolute Gasteiger partial charge is 0.481 e. The van der Waals surface area contributed by atoms with E-state index in [1.54, 1.807) is 7.11 Å². The van der Waals surface area contributed by atoms with Crippen molar-refractivity contribution in [2.75, 3.05) is 19.4 Å². The predicted molar refractivity (Wildman–Crippen MR) is 86.5 cm³/mol. The van der Waals surface area contributed by atoms with E-state index in [0.717, 1.165) is 18.5 Å². The van der Waals surface area contributed by atoms with Gasteiger partial charge >= 0.3 is 0 Å². The topological polar surface area (TPSA) is 73.1 Å². The van der Waals surface area contributed by atoms with Crippen LogP contribution in [0.1, 0.15) is 24.0 Å². The zero-order chi connectivity index (χ0) is 15.4. The predicted octanol–water partition coefficient (Wildman–Crippen LogP) is 2.18. The Morgan fingerprint density at radius 2 is 2.00 bits per heavy atom. The Kier molecular flexibility index (Phi) is 4.24. The minimum absolute atomic E-state index is 0.388. The van der Waals surface area contributed by atoms with Gasteiger partial charge in [-0.3, -0.25) is 0 Å². The molecule has 5 nitrogen and oxygen atoms in total. The highest BCUT2D eigenvalue weighted by molar-refractivity contribution is 5.44. The second-order valence-corrected chi connectivity index (χ2v) is 6.01. The van der Waals surface area contributed by atoms with Gasteiger partial charge in [-0.1, -0.05) is 30.3 Å². The summed E-state index contributed by atoms with van der Waals surface area (Å²) in [6, 6.07) is 10.7. The third-order valence-electron chi connectivity index (χ3n) is 4.31. The van der Waals surface area contributed by atoms with Gasteiger partial charge in [-0.05, 0) is 30.2 Å². The number of hydrogen-bond acceptors (Lipinski definition) is 5. The van der Waals surface area contributed by atoms with Gasteiger partial charge in [0.1, 0.15) is 12.1 Å². The van der Waals surface area contributed by atoms with Crippen molar-refractivity contribution in [3.63, 3.8) is 0 Å². The molecule has 3 N–H and O–H groups in total. The van der Waals surface area contributed by atoms with E-state index in [0.29, 0.717) is 23.7 Å². The monoisotopic (exact) mass is 298 g/mol. The molecule has 0 amide bonds. The lowest BCUT2D eigenvalue weighted by atomic mass is 9.96. The third kappa shape index (κ3) is 3.36. The van der Waals surface area contributed by atoms with Crippen LogP contribution in [0.5, 0.6) is 5.88 Å². The Balaban J connectivity index is 1.57. The van der Waals surface area contributed by atoms with Crippen LogP contribution in [0.4, 0.5) is 5.82 Å². The molecule has 1 aliphatic rings. The number of hydrogen-bond donors (Lipinski definition) is 2. The highest BCUT2D eigenvalue weighted by atomic mass is 16.5. The van der Waals surface area contributed by atoms with Crippen molar-refractivity contribution in [1.82, 2.24) is 15.3 Å². The molecule has 0 saturated heterocycles. The quantitative estimate of drug-likeness (QED) is 0.819. The highest BCUT2D eigenvalue weighted by Crippen LogP contribution is 2.47. The summed E-state index contributed by atoms with van der Waals surface area (Å²) >= 11 is 0. The number of benzene rings is 1. The van der Waals surface area contributed by atoms with E-state index in [9.17, 15) is 0 Å². The zero-order valence-electron chi connectivity index (χ0n) is 12.9. The van der Waals surface area contributed by atoms with E-state index in [2.05, 4.69) is 45.6 Å². The van der Waals surface area contributed by atoms with Gasteiger partial charge in [-0.25, -0.2) is 9.97 Å². The van der Waals surface area contributed by atoms with Crippen LogP contribution in [0.3, 0.4) is 0 Å². The SMILES string of the molecule is COc1ncnc(N)c1CNCC1(Cc2ccccc2)CC1. The number of anilines is 1. The standard InChI is InChI=1S/C17H22N4O/c1-22-16-14(15(18)20-12-21-16)10-19-11-17(7-8-17)9-13-5-3-2-4-6-13/h2-6,12,19H,7-11H2,1H3,(H2,18,20,21). The Morgan fingerprint density at radius 1 is 1.23 bits per heavy atom. The number of nitrogens with two attached hydrogens (primary N) is 1. The molecule has 0 atom stereocenters. The normalized spacial score (nSPS) is 15.5. The Hall–Kier alpha value is -2.14. The molecular formula is C17H22N4O. The molecule has 0 aliphatic heterocycles. The molecule has 1 aliphatic carbocycles. The maximum absolute atomic E-state index is 5.91. The average Bonchev–Trinajstić information content (AvgIpc) is 3.29. The van der Waals surface area contributed by atoms with Crippen LogP contribution < -0.4 is 15.8 Å². The number of nitrogens with zero attached hydrogens (tertiary/aromatic N) is 2. The molecule has 0 spiro atoms. The lowest BCUT2D eigenvalue weighted by Gasteiger charge is -2.17. The van der Waals surface area contributed by atoms with Gasteiger partial charge in [-0.15, -0.1) is 0 Å². The number of nitrogens with one attached hydrogen (secondary N) is 1. The lowest BCUT2D eigenvalue weighted by molar-refractivity contribution is 0.386. The van der Waals surface area contributed by atoms with E-state index in [1.807, 2.05) is 0 Å². The van der Waals surface area contributed by atoms with Gasteiger partial charge < -0.3 is 15.8 Å². The molecule has 3 rings (SSSR count). The fourth-order valence-electron chi connectivity index (χ4n) is 2.83. The van der Waals surface area contributed by atoms with Crippen LogP contribution in [0.2, 0.25) is 0 Å². The van der Waals surface area contributed by atoms with Gasteiger partial charge in [-0.2, -0.15) is 0 Å². The van der Waals surface area contributed by atoms with Crippen molar-refractivity contribution in [1.29, 1.82) is 0 Å². The van der Waals surface area contributed by atoms with Crippen molar-refractivity contribution in [2.24, 2.45) is 5.41 Å². The van der Waals surface area contributed by atoms with E-state index in [1.165, 1.54) is 24.7 Å².